The van der Waals surface area contributed by atoms with E-state index in [9.17, 15) is 0 Å². The normalized spacial score (nSPS) is 10.9. The lowest BCUT2D eigenvalue weighted by molar-refractivity contribution is 0.355. The summed E-state index contributed by atoms with van der Waals surface area (Å²) in [5, 5.41) is 6.61. The van der Waals surface area contributed by atoms with E-state index >= 15 is 0 Å². The highest BCUT2D eigenvalue weighted by Crippen LogP contribution is 2.40. The van der Waals surface area contributed by atoms with E-state index in [0.29, 0.717) is 11.5 Å². The molecule has 2 heterocycles. The molecule has 0 saturated heterocycles. The topological polar surface area (TPSA) is 56.3 Å². The molecule has 0 radical (unpaired) electrons. The number of hydrogen-bond acceptors (Lipinski definition) is 6. The van der Waals surface area contributed by atoms with Crippen molar-refractivity contribution in [2.75, 3.05) is 19.5 Å². The van der Waals surface area contributed by atoms with Crippen LogP contribution in [0.2, 0.25) is 0 Å². The van der Waals surface area contributed by atoms with Gasteiger partial charge in [-0.15, -0.1) is 11.3 Å². The number of fused-ring (bicyclic) bond motifs is 1. The first kappa shape index (κ1) is 18.3. The molecular weight excluding hydrogens is 370 g/mol. The Bertz CT molecular complexity index is 1150. The molecule has 2 aromatic carbocycles. The van der Waals surface area contributed by atoms with Gasteiger partial charge in [-0.25, -0.2) is 9.97 Å². The lowest BCUT2D eigenvalue weighted by atomic mass is 10.0. The van der Waals surface area contributed by atoms with Gasteiger partial charge in [0.15, 0.2) is 11.5 Å². The van der Waals surface area contributed by atoms with Gasteiger partial charge in [0.1, 0.15) is 17.0 Å². The highest BCUT2D eigenvalue weighted by molar-refractivity contribution is 7.17. The fourth-order valence-corrected chi connectivity index (χ4v) is 4.10. The molecule has 0 spiro atoms. The van der Waals surface area contributed by atoms with Crippen molar-refractivity contribution in [2.45, 2.75) is 13.8 Å². The molecule has 0 aliphatic carbocycles. The van der Waals surface area contributed by atoms with Crippen LogP contribution in [0.15, 0.2) is 48.1 Å². The van der Waals surface area contributed by atoms with Gasteiger partial charge in [0, 0.05) is 16.6 Å². The first-order valence-electron chi connectivity index (χ1n) is 8.89. The van der Waals surface area contributed by atoms with Crippen molar-refractivity contribution >= 4 is 33.1 Å². The van der Waals surface area contributed by atoms with Crippen LogP contribution in [-0.4, -0.2) is 24.2 Å². The number of nitrogens with one attached hydrogen (secondary N) is 1. The van der Waals surface area contributed by atoms with Crippen LogP contribution in [0.3, 0.4) is 0 Å². The summed E-state index contributed by atoms with van der Waals surface area (Å²) in [6.07, 6.45) is 1.60. The lowest BCUT2D eigenvalue weighted by Gasteiger charge is -2.12. The standard InChI is InChI=1S/C22H21N3O2S/c1-13-5-6-14(2)17(9-13)25-21-20-16(11-28-22(20)24-12-23-21)15-7-8-18(26-3)19(10-15)27-4/h5-12H,1-4H3,(H,23,24,25). The zero-order valence-corrected chi connectivity index (χ0v) is 17.1. The molecular formula is C22H21N3O2S. The maximum atomic E-state index is 5.47. The van der Waals surface area contributed by atoms with Gasteiger partial charge in [-0.3, -0.25) is 0 Å². The quantitative estimate of drug-likeness (QED) is 0.470. The predicted molar refractivity (Wildman–Crippen MR) is 115 cm³/mol. The van der Waals surface area contributed by atoms with Crippen LogP contribution < -0.4 is 14.8 Å². The van der Waals surface area contributed by atoms with Crippen LogP contribution in [-0.2, 0) is 0 Å². The Morgan fingerprint density at radius 3 is 2.54 bits per heavy atom. The lowest BCUT2D eigenvalue weighted by Crippen LogP contribution is -1.98. The Labute approximate surface area is 168 Å². The molecule has 0 amide bonds. The highest BCUT2D eigenvalue weighted by Gasteiger charge is 2.15. The number of rotatable bonds is 5. The fourth-order valence-electron chi connectivity index (χ4n) is 3.18. The van der Waals surface area contributed by atoms with Crippen molar-refractivity contribution in [2.24, 2.45) is 0 Å². The van der Waals surface area contributed by atoms with Gasteiger partial charge in [-0.2, -0.15) is 0 Å². The maximum Gasteiger partial charge on any atom is 0.161 e. The van der Waals surface area contributed by atoms with Gasteiger partial charge in [-0.1, -0.05) is 18.2 Å². The van der Waals surface area contributed by atoms with Crippen molar-refractivity contribution in [3.63, 3.8) is 0 Å². The van der Waals surface area contributed by atoms with Crippen molar-refractivity contribution < 1.29 is 9.47 Å². The zero-order valence-electron chi connectivity index (χ0n) is 16.2. The first-order valence-corrected chi connectivity index (χ1v) is 9.77. The Hall–Kier alpha value is -3.12. The second-order valence-electron chi connectivity index (χ2n) is 6.56. The summed E-state index contributed by atoms with van der Waals surface area (Å²) in [5.74, 6) is 2.20. The number of aryl methyl sites for hydroxylation is 2. The molecule has 4 rings (SSSR count). The third kappa shape index (κ3) is 3.27. The summed E-state index contributed by atoms with van der Waals surface area (Å²) in [4.78, 5) is 9.93. The van der Waals surface area contributed by atoms with E-state index in [4.69, 9.17) is 9.47 Å². The molecule has 0 saturated carbocycles. The first-order chi connectivity index (χ1) is 13.6. The summed E-state index contributed by atoms with van der Waals surface area (Å²) >= 11 is 1.60. The van der Waals surface area contributed by atoms with E-state index in [0.717, 1.165) is 32.8 Å². The van der Waals surface area contributed by atoms with Gasteiger partial charge in [0.2, 0.25) is 0 Å². The molecule has 1 N–H and O–H groups in total. The SMILES string of the molecule is COc1ccc(-c2csc3ncnc(Nc4cc(C)ccc4C)c23)cc1OC. The monoisotopic (exact) mass is 391 g/mol. The molecule has 4 aromatic rings. The molecule has 0 unspecified atom stereocenters. The molecule has 0 atom stereocenters. The summed E-state index contributed by atoms with van der Waals surface area (Å²) in [7, 11) is 3.28. The minimum Gasteiger partial charge on any atom is -0.493 e. The van der Waals surface area contributed by atoms with Crippen molar-refractivity contribution in [3.05, 3.63) is 59.2 Å². The van der Waals surface area contributed by atoms with Crippen LogP contribution >= 0.6 is 11.3 Å². The van der Waals surface area contributed by atoms with E-state index in [2.05, 4.69) is 52.7 Å². The minimum absolute atomic E-state index is 0.695. The van der Waals surface area contributed by atoms with Crippen molar-refractivity contribution in [1.82, 2.24) is 9.97 Å². The van der Waals surface area contributed by atoms with Crippen LogP contribution in [0.4, 0.5) is 11.5 Å². The summed E-state index contributed by atoms with van der Waals surface area (Å²) in [6.45, 7) is 4.17. The largest absolute Gasteiger partial charge is 0.493 e. The van der Waals surface area contributed by atoms with Crippen LogP contribution in [0.1, 0.15) is 11.1 Å². The van der Waals surface area contributed by atoms with Gasteiger partial charge in [0.05, 0.1) is 19.6 Å². The van der Waals surface area contributed by atoms with Crippen LogP contribution in [0.25, 0.3) is 21.3 Å². The summed E-state index contributed by atoms with van der Waals surface area (Å²) < 4.78 is 10.8. The number of methoxy groups -OCH3 is 2. The van der Waals surface area contributed by atoms with E-state index in [-0.39, 0.29) is 0 Å². The number of hydrogen-bond donors (Lipinski definition) is 1. The molecule has 2 aromatic heterocycles. The van der Waals surface area contributed by atoms with E-state index in [1.165, 1.54) is 11.1 Å². The van der Waals surface area contributed by atoms with Crippen molar-refractivity contribution in [1.29, 1.82) is 0 Å². The van der Waals surface area contributed by atoms with Crippen LogP contribution in [0, 0.1) is 13.8 Å². The maximum absolute atomic E-state index is 5.47. The minimum atomic E-state index is 0.695. The molecule has 0 aliphatic heterocycles. The van der Waals surface area contributed by atoms with Gasteiger partial charge in [-0.05, 0) is 48.7 Å². The van der Waals surface area contributed by atoms with E-state index in [1.54, 1.807) is 31.9 Å². The zero-order chi connectivity index (χ0) is 19.7. The number of nitrogens with zero attached hydrogens (tertiary/aromatic N) is 2. The molecule has 0 bridgehead atoms. The van der Waals surface area contributed by atoms with Gasteiger partial charge in [0.25, 0.3) is 0 Å². The second-order valence-corrected chi connectivity index (χ2v) is 7.42. The van der Waals surface area contributed by atoms with Gasteiger partial charge >= 0.3 is 0 Å². The summed E-state index contributed by atoms with van der Waals surface area (Å²) in [5.41, 5.74) is 5.51. The summed E-state index contributed by atoms with van der Waals surface area (Å²) in [6, 6.07) is 12.3. The average molecular weight is 391 g/mol. The Balaban J connectivity index is 1.85. The molecule has 28 heavy (non-hydrogen) atoms. The van der Waals surface area contributed by atoms with E-state index in [1.807, 2.05) is 18.2 Å². The smallest absolute Gasteiger partial charge is 0.161 e. The number of anilines is 2. The Kier molecular flexibility index (Phi) is 4.88. The second kappa shape index (κ2) is 7.48. The molecule has 0 fully saturated rings. The number of benzene rings is 2. The third-order valence-electron chi connectivity index (χ3n) is 4.71. The molecule has 142 valence electrons. The Morgan fingerprint density at radius 2 is 1.75 bits per heavy atom. The van der Waals surface area contributed by atoms with Gasteiger partial charge < -0.3 is 14.8 Å². The fraction of sp³-hybridized carbons (Fsp3) is 0.182. The highest BCUT2D eigenvalue weighted by atomic mass is 32.1. The molecule has 5 nitrogen and oxygen atoms in total. The number of ether oxygens (including phenoxy) is 2. The molecule has 6 heteroatoms. The van der Waals surface area contributed by atoms with E-state index < -0.39 is 0 Å². The van der Waals surface area contributed by atoms with Crippen molar-refractivity contribution in [3.8, 4) is 22.6 Å². The average Bonchev–Trinajstić information content (AvgIpc) is 3.15. The van der Waals surface area contributed by atoms with Crippen LogP contribution in [0.5, 0.6) is 11.5 Å². The number of thiophene rings is 1. The molecule has 0 aliphatic rings. The number of aromatic nitrogens is 2. The Morgan fingerprint density at radius 1 is 0.929 bits per heavy atom. The predicted octanol–water partition coefficient (Wildman–Crippen LogP) is 5.74. The third-order valence-corrected chi connectivity index (χ3v) is 5.60.